The first-order chi connectivity index (χ1) is 12.9. The fourth-order valence-electron chi connectivity index (χ4n) is 3.81. The zero-order valence-electron chi connectivity index (χ0n) is 15.4. The number of ketones is 1. The largest absolute Gasteiger partial charge is 0.380 e. The van der Waals surface area contributed by atoms with E-state index in [4.69, 9.17) is 9.26 Å². The quantitative estimate of drug-likeness (QED) is 0.709. The van der Waals surface area contributed by atoms with Gasteiger partial charge in [-0.2, -0.15) is 4.98 Å². The molecule has 3 aromatic rings. The molecule has 140 valence electrons. The minimum atomic E-state index is -0.572. The van der Waals surface area contributed by atoms with Gasteiger partial charge >= 0.3 is 0 Å². The Morgan fingerprint density at radius 3 is 2.59 bits per heavy atom. The topological polar surface area (TPSA) is 81.0 Å². The summed E-state index contributed by atoms with van der Waals surface area (Å²) in [5.74, 6) is 0.522. The monoisotopic (exact) mass is 369 g/mol. The highest BCUT2D eigenvalue weighted by atomic mass is 19.1. The number of ether oxygens (including phenoxy) is 1. The molecule has 2 aromatic heterocycles. The van der Waals surface area contributed by atoms with Crippen LogP contribution in [-0.2, 0) is 10.2 Å². The van der Waals surface area contributed by atoms with Crippen LogP contribution in [0.5, 0.6) is 0 Å². The lowest BCUT2D eigenvalue weighted by Gasteiger charge is -2.23. The van der Waals surface area contributed by atoms with Crippen LogP contribution in [0.2, 0.25) is 0 Å². The van der Waals surface area contributed by atoms with E-state index in [-0.39, 0.29) is 11.6 Å². The standard InChI is InChI=1S/C20H20FN3O3/c1-11-16(12(2)22-17(11)13(3)25)18-23-19(24-27-18)20(8-9-26-10-20)14-4-6-15(21)7-5-14/h4-7,22H,8-10H2,1-3H3. The molecule has 6 nitrogen and oxygen atoms in total. The van der Waals surface area contributed by atoms with E-state index in [9.17, 15) is 9.18 Å². The van der Waals surface area contributed by atoms with Crippen molar-refractivity contribution in [2.45, 2.75) is 32.6 Å². The van der Waals surface area contributed by atoms with Crippen LogP contribution in [-0.4, -0.2) is 34.1 Å². The molecule has 1 aliphatic rings. The summed E-state index contributed by atoms with van der Waals surface area (Å²) in [6, 6.07) is 6.33. The van der Waals surface area contributed by atoms with Crippen LogP contribution in [0.3, 0.4) is 0 Å². The Morgan fingerprint density at radius 1 is 1.26 bits per heavy atom. The first-order valence-corrected chi connectivity index (χ1v) is 8.81. The predicted molar refractivity (Wildman–Crippen MR) is 96.2 cm³/mol. The van der Waals surface area contributed by atoms with Crippen molar-refractivity contribution >= 4 is 5.78 Å². The van der Waals surface area contributed by atoms with E-state index in [0.29, 0.717) is 37.0 Å². The number of hydrogen-bond donors (Lipinski definition) is 1. The summed E-state index contributed by atoms with van der Waals surface area (Å²) in [6.07, 6.45) is 0.682. The van der Waals surface area contributed by atoms with Crippen LogP contribution in [0.15, 0.2) is 28.8 Å². The number of Topliss-reactive ketones (excluding diaryl/α,β-unsaturated/α-hetero) is 1. The Bertz CT molecular complexity index is 998. The van der Waals surface area contributed by atoms with Gasteiger partial charge in [-0.1, -0.05) is 17.3 Å². The first-order valence-electron chi connectivity index (χ1n) is 8.81. The van der Waals surface area contributed by atoms with Crippen LogP contribution in [0.4, 0.5) is 4.39 Å². The van der Waals surface area contributed by atoms with Gasteiger partial charge in [0.2, 0.25) is 0 Å². The Morgan fingerprint density at radius 2 is 2.00 bits per heavy atom. The molecule has 0 radical (unpaired) electrons. The highest BCUT2D eigenvalue weighted by Crippen LogP contribution is 2.39. The molecule has 1 aromatic carbocycles. The number of aromatic amines is 1. The molecule has 7 heteroatoms. The molecular formula is C20H20FN3O3. The van der Waals surface area contributed by atoms with Crippen molar-refractivity contribution in [3.8, 4) is 11.5 Å². The van der Waals surface area contributed by atoms with Crippen LogP contribution in [0.25, 0.3) is 11.5 Å². The smallest absolute Gasteiger partial charge is 0.260 e. The van der Waals surface area contributed by atoms with E-state index in [1.807, 2.05) is 13.8 Å². The molecule has 1 fully saturated rings. The zero-order chi connectivity index (χ0) is 19.2. The number of aromatic nitrogens is 3. The number of H-pyrrole nitrogens is 1. The molecule has 1 atom stereocenters. The van der Waals surface area contributed by atoms with Gasteiger partial charge in [0.05, 0.1) is 23.3 Å². The number of carbonyl (C=O) groups is 1. The third kappa shape index (κ3) is 2.78. The Labute approximate surface area is 155 Å². The third-order valence-corrected chi connectivity index (χ3v) is 5.28. The second-order valence-corrected chi connectivity index (χ2v) is 7.00. The SMILES string of the molecule is CC(=O)c1[nH]c(C)c(-c2nc(C3(c4ccc(F)cc4)CCOC3)no2)c1C. The molecule has 1 saturated heterocycles. The number of halogens is 1. The van der Waals surface area contributed by atoms with Crippen LogP contribution in [0.1, 0.15) is 46.5 Å². The fourth-order valence-corrected chi connectivity index (χ4v) is 3.81. The maximum Gasteiger partial charge on any atom is 0.260 e. The second-order valence-electron chi connectivity index (χ2n) is 7.00. The van der Waals surface area contributed by atoms with Gasteiger partial charge in [0.25, 0.3) is 5.89 Å². The summed E-state index contributed by atoms with van der Waals surface area (Å²) >= 11 is 0. The lowest BCUT2D eigenvalue weighted by Crippen LogP contribution is -2.29. The summed E-state index contributed by atoms with van der Waals surface area (Å²) in [5.41, 5.74) is 3.18. The number of benzene rings is 1. The third-order valence-electron chi connectivity index (χ3n) is 5.28. The predicted octanol–water partition coefficient (Wildman–Crippen LogP) is 3.73. The number of carbonyl (C=O) groups excluding carboxylic acids is 1. The number of aryl methyl sites for hydroxylation is 1. The maximum absolute atomic E-state index is 13.4. The molecule has 3 heterocycles. The van der Waals surface area contributed by atoms with E-state index in [1.54, 1.807) is 12.1 Å². The summed E-state index contributed by atoms with van der Waals surface area (Å²) in [5, 5.41) is 4.22. The van der Waals surface area contributed by atoms with E-state index in [1.165, 1.54) is 19.1 Å². The lowest BCUT2D eigenvalue weighted by molar-refractivity contribution is 0.101. The Kier molecular flexibility index (Phi) is 4.19. The van der Waals surface area contributed by atoms with E-state index >= 15 is 0 Å². The van der Waals surface area contributed by atoms with Crippen molar-refractivity contribution in [1.29, 1.82) is 0 Å². The number of hydrogen-bond acceptors (Lipinski definition) is 5. The summed E-state index contributed by atoms with van der Waals surface area (Å²) in [6.45, 7) is 6.21. The molecule has 0 amide bonds. The van der Waals surface area contributed by atoms with Gasteiger partial charge in [-0.15, -0.1) is 0 Å². The van der Waals surface area contributed by atoms with Gasteiger partial charge in [0, 0.05) is 19.2 Å². The van der Waals surface area contributed by atoms with Crippen LogP contribution >= 0.6 is 0 Å². The lowest BCUT2D eigenvalue weighted by atomic mass is 9.79. The van der Waals surface area contributed by atoms with Crippen molar-refractivity contribution < 1.29 is 18.4 Å². The van der Waals surface area contributed by atoms with Gasteiger partial charge in [-0.25, -0.2) is 4.39 Å². The molecule has 27 heavy (non-hydrogen) atoms. The number of nitrogens with one attached hydrogen (secondary N) is 1. The molecule has 1 aliphatic heterocycles. The van der Waals surface area contributed by atoms with E-state index < -0.39 is 5.41 Å². The molecule has 0 saturated carbocycles. The van der Waals surface area contributed by atoms with Crippen molar-refractivity contribution in [2.75, 3.05) is 13.2 Å². The molecule has 4 rings (SSSR count). The molecule has 1 N–H and O–H groups in total. The average molecular weight is 369 g/mol. The normalized spacial score (nSPS) is 19.6. The van der Waals surface area contributed by atoms with Crippen LogP contribution < -0.4 is 0 Å². The van der Waals surface area contributed by atoms with E-state index in [2.05, 4.69) is 15.1 Å². The highest BCUT2D eigenvalue weighted by Gasteiger charge is 2.43. The van der Waals surface area contributed by atoms with Gasteiger partial charge in [0.1, 0.15) is 5.82 Å². The summed E-state index contributed by atoms with van der Waals surface area (Å²) < 4.78 is 24.6. The maximum atomic E-state index is 13.4. The van der Waals surface area contributed by atoms with Crippen LogP contribution in [0, 0.1) is 19.7 Å². The number of rotatable bonds is 4. The van der Waals surface area contributed by atoms with Gasteiger partial charge in [-0.3, -0.25) is 4.79 Å². The van der Waals surface area contributed by atoms with Gasteiger partial charge in [-0.05, 0) is 43.5 Å². The zero-order valence-corrected chi connectivity index (χ0v) is 15.4. The number of nitrogens with zero attached hydrogens (tertiary/aromatic N) is 2. The van der Waals surface area contributed by atoms with Gasteiger partial charge < -0.3 is 14.2 Å². The minimum Gasteiger partial charge on any atom is -0.380 e. The van der Waals surface area contributed by atoms with Gasteiger partial charge in [0.15, 0.2) is 11.6 Å². The summed E-state index contributed by atoms with van der Waals surface area (Å²) in [7, 11) is 0. The molecule has 0 aliphatic carbocycles. The second kappa shape index (κ2) is 6.42. The van der Waals surface area contributed by atoms with Crippen molar-refractivity contribution in [2.24, 2.45) is 0 Å². The molecule has 0 spiro atoms. The molecule has 0 bridgehead atoms. The van der Waals surface area contributed by atoms with Crippen molar-refractivity contribution in [3.63, 3.8) is 0 Å². The summed E-state index contributed by atoms with van der Waals surface area (Å²) in [4.78, 5) is 19.5. The molecule has 1 unspecified atom stereocenters. The Hall–Kier alpha value is -2.80. The van der Waals surface area contributed by atoms with Crippen molar-refractivity contribution in [3.05, 3.63) is 58.4 Å². The van der Waals surface area contributed by atoms with Crippen molar-refractivity contribution in [1.82, 2.24) is 15.1 Å². The average Bonchev–Trinajstić information content (AvgIpc) is 3.35. The van der Waals surface area contributed by atoms with E-state index in [0.717, 1.165) is 22.4 Å². The Balaban J connectivity index is 1.79. The first kappa shape index (κ1) is 17.6. The molecular weight excluding hydrogens is 349 g/mol. The minimum absolute atomic E-state index is 0.0476. The fraction of sp³-hybridized carbons (Fsp3) is 0.350. The highest BCUT2D eigenvalue weighted by molar-refractivity contribution is 5.96.